The molecule has 1 aliphatic heterocycles. The van der Waals surface area contributed by atoms with Crippen LogP contribution >= 0.6 is 0 Å². The maximum atomic E-state index is 13.9. The van der Waals surface area contributed by atoms with E-state index in [4.69, 9.17) is 0 Å². The summed E-state index contributed by atoms with van der Waals surface area (Å²) in [7, 11) is 0. The van der Waals surface area contributed by atoms with E-state index < -0.39 is 28.6 Å². The van der Waals surface area contributed by atoms with Crippen molar-refractivity contribution in [2.75, 3.05) is 13.1 Å². The van der Waals surface area contributed by atoms with Gasteiger partial charge in [-0.1, -0.05) is 6.07 Å². The van der Waals surface area contributed by atoms with E-state index in [1.807, 2.05) is 6.92 Å². The standard InChI is InChI=1S/C14H18F2N2O/c1-9-3-4-10(15)11(12(9)16)13(19)18-14(2)5-7-17-8-6-14/h3-4,17H,5-8H2,1-2H3,(H,18,19). The minimum Gasteiger partial charge on any atom is -0.347 e. The molecule has 104 valence electrons. The highest BCUT2D eigenvalue weighted by Crippen LogP contribution is 2.21. The van der Waals surface area contributed by atoms with Crippen LogP contribution in [-0.2, 0) is 0 Å². The van der Waals surface area contributed by atoms with Gasteiger partial charge in [0.2, 0.25) is 0 Å². The Bertz CT molecular complexity index is 496. The molecule has 1 heterocycles. The summed E-state index contributed by atoms with van der Waals surface area (Å²) in [5.74, 6) is -2.28. The number of amides is 1. The summed E-state index contributed by atoms with van der Waals surface area (Å²) in [6, 6.07) is 2.45. The largest absolute Gasteiger partial charge is 0.347 e. The Kier molecular flexibility index (Phi) is 3.85. The van der Waals surface area contributed by atoms with Crippen LogP contribution in [0.3, 0.4) is 0 Å². The van der Waals surface area contributed by atoms with Crippen molar-refractivity contribution in [3.05, 3.63) is 34.9 Å². The SMILES string of the molecule is Cc1ccc(F)c(C(=O)NC2(C)CCNCC2)c1F. The van der Waals surface area contributed by atoms with E-state index in [0.717, 1.165) is 32.0 Å². The Labute approximate surface area is 111 Å². The van der Waals surface area contributed by atoms with Crippen LogP contribution in [0.2, 0.25) is 0 Å². The van der Waals surface area contributed by atoms with Crippen molar-refractivity contribution in [1.82, 2.24) is 10.6 Å². The number of hydrogen-bond acceptors (Lipinski definition) is 2. The van der Waals surface area contributed by atoms with Gasteiger partial charge in [0, 0.05) is 5.54 Å². The first-order valence-electron chi connectivity index (χ1n) is 6.41. The molecule has 1 aliphatic rings. The van der Waals surface area contributed by atoms with Crippen molar-refractivity contribution in [3.63, 3.8) is 0 Å². The summed E-state index contributed by atoms with van der Waals surface area (Å²) < 4.78 is 27.5. The van der Waals surface area contributed by atoms with Crippen molar-refractivity contribution in [2.24, 2.45) is 0 Å². The average molecular weight is 268 g/mol. The van der Waals surface area contributed by atoms with Gasteiger partial charge in [0.05, 0.1) is 0 Å². The quantitative estimate of drug-likeness (QED) is 0.863. The van der Waals surface area contributed by atoms with Gasteiger partial charge in [-0.15, -0.1) is 0 Å². The van der Waals surface area contributed by atoms with E-state index >= 15 is 0 Å². The van der Waals surface area contributed by atoms with Gasteiger partial charge in [0.25, 0.3) is 5.91 Å². The first kappa shape index (κ1) is 13.9. The Balaban J connectivity index is 2.23. The van der Waals surface area contributed by atoms with Gasteiger partial charge in [-0.05, 0) is 51.4 Å². The Morgan fingerprint density at radius 2 is 1.95 bits per heavy atom. The molecule has 2 N–H and O–H groups in total. The topological polar surface area (TPSA) is 41.1 Å². The zero-order valence-corrected chi connectivity index (χ0v) is 11.1. The maximum Gasteiger partial charge on any atom is 0.257 e. The second-order valence-electron chi connectivity index (χ2n) is 5.32. The van der Waals surface area contributed by atoms with Gasteiger partial charge in [0.1, 0.15) is 17.2 Å². The van der Waals surface area contributed by atoms with Crippen molar-refractivity contribution in [1.29, 1.82) is 0 Å². The normalized spacial score (nSPS) is 18.1. The molecule has 0 saturated carbocycles. The lowest BCUT2D eigenvalue weighted by molar-refractivity contribution is 0.0878. The molecule has 3 nitrogen and oxygen atoms in total. The number of hydrogen-bond donors (Lipinski definition) is 2. The summed E-state index contributed by atoms with van der Waals surface area (Å²) in [4.78, 5) is 12.1. The summed E-state index contributed by atoms with van der Waals surface area (Å²) >= 11 is 0. The summed E-state index contributed by atoms with van der Waals surface area (Å²) in [6.07, 6.45) is 1.49. The van der Waals surface area contributed by atoms with Crippen LogP contribution in [0, 0.1) is 18.6 Å². The number of piperidine rings is 1. The summed E-state index contributed by atoms with van der Waals surface area (Å²) in [5, 5.41) is 5.95. The van der Waals surface area contributed by atoms with Gasteiger partial charge >= 0.3 is 0 Å². The number of halogens is 2. The van der Waals surface area contributed by atoms with Crippen LogP contribution in [0.1, 0.15) is 35.7 Å². The number of carbonyl (C=O) groups is 1. The molecule has 1 fully saturated rings. The Morgan fingerprint density at radius 1 is 1.32 bits per heavy atom. The lowest BCUT2D eigenvalue weighted by Crippen LogP contribution is -2.52. The second kappa shape index (κ2) is 5.25. The predicted octanol–water partition coefficient (Wildman–Crippen LogP) is 2.15. The fraction of sp³-hybridized carbons (Fsp3) is 0.500. The molecule has 0 spiro atoms. The van der Waals surface area contributed by atoms with Crippen LogP contribution < -0.4 is 10.6 Å². The number of nitrogens with one attached hydrogen (secondary N) is 2. The molecule has 0 unspecified atom stereocenters. The van der Waals surface area contributed by atoms with E-state index in [-0.39, 0.29) is 5.56 Å². The van der Waals surface area contributed by atoms with Gasteiger partial charge in [-0.25, -0.2) is 8.78 Å². The summed E-state index contributed by atoms with van der Waals surface area (Å²) in [6.45, 7) is 4.99. The van der Waals surface area contributed by atoms with Gasteiger partial charge in [-0.3, -0.25) is 4.79 Å². The fourth-order valence-electron chi connectivity index (χ4n) is 2.30. The van der Waals surface area contributed by atoms with Gasteiger partial charge in [-0.2, -0.15) is 0 Å². The molecule has 19 heavy (non-hydrogen) atoms. The lowest BCUT2D eigenvalue weighted by atomic mass is 9.90. The third-order valence-electron chi connectivity index (χ3n) is 3.63. The minimum absolute atomic E-state index is 0.266. The van der Waals surface area contributed by atoms with Crippen LogP contribution in [-0.4, -0.2) is 24.5 Å². The molecule has 2 rings (SSSR count). The fourth-order valence-corrected chi connectivity index (χ4v) is 2.30. The molecule has 0 aromatic heterocycles. The number of benzene rings is 1. The van der Waals surface area contributed by atoms with E-state index in [1.165, 1.54) is 13.0 Å². The average Bonchev–Trinajstić information content (AvgIpc) is 2.34. The van der Waals surface area contributed by atoms with Crippen LogP contribution in [0.5, 0.6) is 0 Å². The number of rotatable bonds is 2. The van der Waals surface area contributed by atoms with Gasteiger partial charge < -0.3 is 10.6 Å². The molecule has 0 radical (unpaired) electrons. The number of aryl methyl sites for hydroxylation is 1. The highest BCUT2D eigenvalue weighted by molar-refractivity contribution is 5.95. The smallest absolute Gasteiger partial charge is 0.257 e. The third-order valence-corrected chi connectivity index (χ3v) is 3.63. The van der Waals surface area contributed by atoms with E-state index in [0.29, 0.717) is 0 Å². The molecule has 1 saturated heterocycles. The molecule has 5 heteroatoms. The minimum atomic E-state index is -0.821. The highest BCUT2D eigenvalue weighted by atomic mass is 19.1. The van der Waals surface area contributed by atoms with Crippen molar-refractivity contribution in [3.8, 4) is 0 Å². The number of carbonyl (C=O) groups excluding carboxylic acids is 1. The molecular formula is C14H18F2N2O. The molecule has 0 bridgehead atoms. The Hall–Kier alpha value is -1.49. The monoisotopic (exact) mass is 268 g/mol. The van der Waals surface area contributed by atoms with E-state index in [2.05, 4.69) is 10.6 Å². The predicted molar refractivity (Wildman–Crippen MR) is 69.1 cm³/mol. The third kappa shape index (κ3) is 2.92. The van der Waals surface area contributed by atoms with Crippen LogP contribution in [0.15, 0.2) is 12.1 Å². The second-order valence-corrected chi connectivity index (χ2v) is 5.32. The van der Waals surface area contributed by atoms with Crippen LogP contribution in [0.25, 0.3) is 0 Å². The van der Waals surface area contributed by atoms with Gasteiger partial charge in [0.15, 0.2) is 0 Å². The van der Waals surface area contributed by atoms with Crippen molar-refractivity contribution >= 4 is 5.91 Å². The molecule has 0 atom stereocenters. The first-order valence-corrected chi connectivity index (χ1v) is 6.41. The van der Waals surface area contributed by atoms with Crippen LogP contribution in [0.4, 0.5) is 8.78 Å². The molecule has 0 aliphatic carbocycles. The molecule has 1 aromatic carbocycles. The zero-order chi connectivity index (χ0) is 14.0. The van der Waals surface area contributed by atoms with E-state index in [1.54, 1.807) is 0 Å². The molecular weight excluding hydrogens is 250 g/mol. The van der Waals surface area contributed by atoms with Crippen molar-refractivity contribution in [2.45, 2.75) is 32.2 Å². The zero-order valence-electron chi connectivity index (χ0n) is 11.1. The first-order chi connectivity index (χ1) is 8.93. The summed E-state index contributed by atoms with van der Waals surface area (Å²) in [5.41, 5.74) is -0.632. The van der Waals surface area contributed by atoms with E-state index in [9.17, 15) is 13.6 Å². The highest BCUT2D eigenvalue weighted by Gasteiger charge is 2.30. The molecule has 1 amide bonds. The molecule has 1 aromatic rings. The lowest BCUT2D eigenvalue weighted by Gasteiger charge is -2.35. The van der Waals surface area contributed by atoms with Crippen molar-refractivity contribution < 1.29 is 13.6 Å². The Morgan fingerprint density at radius 3 is 2.58 bits per heavy atom. The maximum absolute atomic E-state index is 13.9.